The SMILES string of the molecule is COc1ccc2[nH]cc(CCn3cnc([N+](=O)[O-])c3)c2c1. The molecule has 0 aliphatic rings. The highest BCUT2D eigenvalue weighted by Gasteiger charge is 2.10. The first-order valence-electron chi connectivity index (χ1n) is 6.47. The van der Waals surface area contributed by atoms with Gasteiger partial charge in [0.15, 0.2) is 0 Å². The number of aryl methyl sites for hydroxylation is 2. The first-order chi connectivity index (χ1) is 10.2. The summed E-state index contributed by atoms with van der Waals surface area (Å²) < 4.78 is 6.95. The van der Waals surface area contributed by atoms with Gasteiger partial charge in [-0.2, -0.15) is 0 Å². The Morgan fingerprint density at radius 2 is 2.33 bits per heavy atom. The van der Waals surface area contributed by atoms with Gasteiger partial charge in [-0.25, -0.2) is 0 Å². The van der Waals surface area contributed by atoms with Crippen LogP contribution in [0.4, 0.5) is 5.82 Å². The molecule has 0 spiro atoms. The molecule has 0 atom stereocenters. The van der Waals surface area contributed by atoms with Gasteiger partial charge in [-0.3, -0.25) is 0 Å². The van der Waals surface area contributed by atoms with Crippen molar-refractivity contribution in [3.8, 4) is 5.75 Å². The molecule has 1 N–H and O–H groups in total. The van der Waals surface area contributed by atoms with Crippen molar-refractivity contribution in [3.63, 3.8) is 0 Å². The summed E-state index contributed by atoms with van der Waals surface area (Å²) in [4.78, 5) is 17.1. The van der Waals surface area contributed by atoms with E-state index in [-0.39, 0.29) is 5.82 Å². The summed E-state index contributed by atoms with van der Waals surface area (Å²) in [5, 5.41) is 11.7. The molecule has 0 aliphatic heterocycles. The number of methoxy groups -OCH3 is 1. The summed E-state index contributed by atoms with van der Waals surface area (Å²) in [7, 11) is 1.64. The fraction of sp³-hybridized carbons (Fsp3) is 0.214. The Labute approximate surface area is 120 Å². The highest BCUT2D eigenvalue weighted by atomic mass is 16.6. The standard InChI is InChI=1S/C14H14N4O3/c1-21-11-2-3-13-12(6-11)10(7-15-13)4-5-17-8-14(16-9-17)18(19)20/h2-3,6-9,15H,4-5H2,1H3. The molecule has 0 bridgehead atoms. The van der Waals surface area contributed by atoms with E-state index in [2.05, 4.69) is 9.97 Å². The van der Waals surface area contributed by atoms with Crippen LogP contribution in [0, 0.1) is 10.1 Å². The lowest BCUT2D eigenvalue weighted by Crippen LogP contribution is -1.98. The van der Waals surface area contributed by atoms with Gasteiger partial charge in [-0.05, 0) is 40.1 Å². The van der Waals surface area contributed by atoms with E-state index in [0.29, 0.717) is 6.54 Å². The molecule has 0 aliphatic carbocycles. The number of rotatable bonds is 5. The highest BCUT2D eigenvalue weighted by Crippen LogP contribution is 2.24. The first-order valence-corrected chi connectivity index (χ1v) is 6.47. The van der Waals surface area contributed by atoms with Gasteiger partial charge in [-0.1, -0.05) is 0 Å². The summed E-state index contributed by atoms with van der Waals surface area (Å²) >= 11 is 0. The predicted octanol–water partition coefficient (Wildman–Crippen LogP) is 2.52. The highest BCUT2D eigenvalue weighted by molar-refractivity contribution is 5.84. The summed E-state index contributed by atoms with van der Waals surface area (Å²) in [6, 6.07) is 5.86. The van der Waals surface area contributed by atoms with Crippen LogP contribution in [0.1, 0.15) is 5.56 Å². The maximum atomic E-state index is 10.6. The third kappa shape index (κ3) is 2.58. The Morgan fingerprint density at radius 3 is 3.05 bits per heavy atom. The molecular weight excluding hydrogens is 272 g/mol. The van der Waals surface area contributed by atoms with Crippen LogP contribution >= 0.6 is 0 Å². The van der Waals surface area contributed by atoms with Crippen LogP contribution in [0.25, 0.3) is 10.9 Å². The lowest BCUT2D eigenvalue weighted by atomic mass is 10.1. The maximum Gasteiger partial charge on any atom is 0.381 e. The third-order valence-electron chi connectivity index (χ3n) is 3.42. The number of ether oxygens (including phenoxy) is 1. The Hall–Kier alpha value is -2.83. The largest absolute Gasteiger partial charge is 0.497 e. The second kappa shape index (κ2) is 5.28. The molecule has 21 heavy (non-hydrogen) atoms. The first kappa shape index (κ1) is 13.2. The zero-order valence-corrected chi connectivity index (χ0v) is 11.4. The third-order valence-corrected chi connectivity index (χ3v) is 3.42. The molecule has 0 amide bonds. The van der Waals surface area contributed by atoms with E-state index in [9.17, 15) is 10.1 Å². The number of aromatic nitrogens is 3. The molecule has 0 fully saturated rings. The van der Waals surface area contributed by atoms with Gasteiger partial charge in [0.25, 0.3) is 0 Å². The second-order valence-corrected chi connectivity index (χ2v) is 4.70. The smallest absolute Gasteiger partial charge is 0.381 e. The zero-order valence-electron chi connectivity index (χ0n) is 11.4. The molecule has 7 heteroatoms. The van der Waals surface area contributed by atoms with E-state index in [1.807, 2.05) is 24.4 Å². The number of benzene rings is 1. The molecule has 0 saturated heterocycles. The summed E-state index contributed by atoms with van der Waals surface area (Å²) in [6.45, 7) is 0.630. The van der Waals surface area contributed by atoms with E-state index in [4.69, 9.17) is 4.74 Å². The molecule has 0 unspecified atom stereocenters. The quantitative estimate of drug-likeness (QED) is 0.576. The number of fused-ring (bicyclic) bond motifs is 1. The molecule has 2 aromatic heterocycles. The Balaban J connectivity index is 1.79. The molecule has 3 aromatic rings. The predicted molar refractivity (Wildman–Crippen MR) is 77.4 cm³/mol. The minimum absolute atomic E-state index is 0.129. The van der Waals surface area contributed by atoms with Crippen LogP contribution in [0.3, 0.4) is 0 Å². The van der Waals surface area contributed by atoms with E-state index in [0.717, 1.165) is 28.6 Å². The number of nitrogens with one attached hydrogen (secondary N) is 1. The van der Waals surface area contributed by atoms with Gasteiger partial charge in [0.2, 0.25) is 6.33 Å². The number of hydrogen-bond acceptors (Lipinski definition) is 4. The van der Waals surface area contributed by atoms with Gasteiger partial charge in [-0.15, -0.1) is 0 Å². The van der Waals surface area contributed by atoms with Crippen LogP contribution in [0.5, 0.6) is 5.75 Å². The zero-order chi connectivity index (χ0) is 14.8. The minimum Gasteiger partial charge on any atom is -0.497 e. The second-order valence-electron chi connectivity index (χ2n) is 4.70. The molecule has 0 radical (unpaired) electrons. The van der Waals surface area contributed by atoms with Gasteiger partial charge in [0.05, 0.1) is 7.11 Å². The number of aromatic amines is 1. The van der Waals surface area contributed by atoms with Crippen molar-refractivity contribution < 1.29 is 9.66 Å². The average Bonchev–Trinajstić information content (AvgIpc) is 3.11. The van der Waals surface area contributed by atoms with Crippen LogP contribution < -0.4 is 4.74 Å². The Kier molecular flexibility index (Phi) is 3.31. The van der Waals surface area contributed by atoms with Crippen molar-refractivity contribution in [3.05, 3.63) is 52.6 Å². The summed E-state index contributed by atoms with van der Waals surface area (Å²) in [5.41, 5.74) is 2.18. The minimum atomic E-state index is -0.493. The van der Waals surface area contributed by atoms with Crippen molar-refractivity contribution in [2.24, 2.45) is 0 Å². The van der Waals surface area contributed by atoms with Crippen LogP contribution in [-0.2, 0) is 13.0 Å². The van der Waals surface area contributed by atoms with E-state index < -0.39 is 4.92 Å². The molecule has 3 rings (SSSR count). The molecule has 2 heterocycles. The lowest BCUT2D eigenvalue weighted by molar-refractivity contribution is -0.389. The number of hydrogen-bond donors (Lipinski definition) is 1. The molecule has 1 aromatic carbocycles. The average molecular weight is 286 g/mol. The van der Waals surface area contributed by atoms with Gasteiger partial charge in [0.1, 0.15) is 11.9 Å². The number of imidazole rings is 1. The number of H-pyrrole nitrogens is 1. The Morgan fingerprint density at radius 1 is 1.48 bits per heavy atom. The fourth-order valence-corrected chi connectivity index (χ4v) is 2.31. The normalized spacial score (nSPS) is 10.9. The molecule has 0 saturated carbocycles. The Bertz CT molecular complexity index is 790. The van der Waals surface area contributed by atoms with Gasteiger partial charge in [0, 0.05) is 23.6 Å². The van der Waals surface area contributed by atoms with E-state index in [1.165, 1.54) is 12.5 Å². The number of nitro groups is 1. The van der Waals surface area contributed by atoms with Crippen molar-refractivity contribution in [2.45, 2.75) is 13.0 Å². The van der Waals surface area contributed by atoms with Crippen molar-refractivity contribution >= 4 is 16.7 Å². The summed E-state index contributed by atoms with van der Waals surface area (Å²) in [5.74, 6) is 0.678. The van der Waals surface area contributed by atoms with Crippen molar-refractivity contribution in [1.82, 2.24) is 14.5 Å². The van der Waals surface area contributed by atoms with E-state index in [1.54, 1.807) is 11.7 Å². The van der Waals surface area contributed by atoms with Crippen LogP contribution in [0.2, 0.25) is 0 Å². The molecule has 108 valence electrons. The monoisotopic (exact) mass is 286 g/mol. The van der Waals surface area contributed by atoms with Crippen molar-refractivity contribution in [2.75, 3.05) is 7.11 Å². The molecular formula is C14H14N4O3. The fourth-order valence-electron chi connectivity index (χ4n) is 2.31. The van der Waals surface area contributed by atoms with Gasteiger partial charge >= 0.3 is 5.82 Å². The molecule has 7 nitrogen and oxygen atoms in total. The topological polar surface area (TPSA) is 86.0 Å². The van der Waals surface area contributed by atoms with Crippen molar-refractivity contribution in [1.29, 1.82) is 0 Å². The van der Waals surface area contributed by atoms with Gasteiger partial charge < -0.3 is 24.4 Å². The van der Waals surface area contributed by atoms with Crippen LogP contribution in [-0.4, -0.2) is 26.6 Å². The summed E-state index contributed by atoms with van der Waals surface area (Å²) in [6.07, 6.45) is 5.62. The maximum absolute atomic E-state index is 10.6. The number of nitrogens with zero attached hydrogens (tertiary/aromatic N) is 3. The lowest BCUT2D eigenvalue weighted by Gasteiger charge is -2.02. The van der Waals surface area contributed by atoms with E-state index >= 15 is 0 Å². The van der Waals surface area contributed by atoms with Crippen LogP contribution in [0.15, 0.2) is 36.9 Å².